The Morgan fingerprint density at radius 1 is 1.53 bits per heavy atom. The average molecular weight is 207 g/mol. The first kappa shape index (κ1) is 10.7. The fourth-order valence-corrected chi connectivity index (χ4v) is 2.28. The van der Waals surface area contributed by atoms with Gasteiger partial charge in [0.25, 0.3) is 0 Å². The summed E-state index contributed by atoms with van der Waals surface area (Å²) in [4.78, 5) is 4.24. The summed E-state index contributed by atoms with van der Waals surface area (Å²) < 4.78 is 2.30. The molecule has 1 saturated heterocycles. The molecule has 15 heavy (non-hydrogen) atoms. The first-order valence-electron chi connectivity index (χ1n) is 6.01. The van der Waals surface area contributed by atoms with E-state index in [1.807, 2.05) is 12.5 Å². The SMILES string of the molecule is CC(C)c1cncn1CC1CCCCN1. The summed E-state index contributed by atoms with van der Waals surface area (Å²) in [6.07, 6.45) is 7.95. The molecule has 84 valence electrons. The quantitative estimate of drug-likeness (QED) is 0.823. The van der Waals surface area contributed by atoms with E-state index < -0.39 is 0 Å². The highest BCUT2D eigenvalue weighted by molar-refractivity contribution is 5.04. The van der Waals surface area contributed by atoms with Crippen LogP contribution in [0.5, 0.6) is 0 Å². The van der Waals surface area contributed by atoms with Gasteiger partial charge in [0.15, 0.2) is 0 Å². The molecule has 0 saturated carbocycles. The van der Waals surface area contributed by atoms with Gasteiger partial charge in [0.2, 0.25) is 0 Å². The van der Waals surface area contributed by atoms with Crippen LogP contribution in [0, 0.1) is 0 Å². The average Bonchev–Trinajstić information content (AvgIpc) is 2.67. The Balaban J connectivity index is 1.99. The molecule has 1 aliphatic heterocycles. The van der Waals surface area contributed by atoms with Gasteiger partial charge in [-0.25, -0.2) is 4.98 Å². The predicted octanol–water partition coefficient (Wildman–Crippen LogP) is 2.15. The Kier molecular flexibility index (Phi) is 3.41. The fraction of sp³-hybridized carbons (Fsp3) is 0.750. The summed E-state index contributed by atoms with van der Waals surface area (Å²) in [5.74, 6) is 0.566. The molecule has 0 bridgehead atoms. The lowest BCUT2D eigenvalue weighted by Gasteiger charge is -2.25. The van der Waals surface area contributed by atoms with Crippen LogP contribution in [0.15, 0.2) is 12.5 Å². The van der Waals surface area contributed by atoms with Crippen molar-refractivity contribution in [3.8, 4) is 0 Å². The molecule has 1 aromatic heterocycles. The third kappa shape index (κ3) is 2.59. The van der Waals surface area contributed by atoms with E-state index in [-0.39, 0.29) is 0 Å². The lowest BCUT2D eigenvalue weighted by Crippen LogP contribution is -2.37. The van der Waals surface area contributed by atoms with E-state index in [2.05, 4.69) is 28.7 Å². The van der Waals surface area contributed by atoms with Crippen molar-refractivity contribution in [3.63, 3.8) is 0 Å². The van der Waals surface area contributed by atoms with Crippen LogP contribution in [0.4, 0.5) is 0 Å². The summed E-state index contributed by atoms with van der Waals surface area (Å²) in [5.41, 5.74) is 1.35. The molecular weight excluding hydrogens is 186 g/mol. The Morgan fingerprint density at radius 3 is 3.07 bits per heavy atom. The number of rotatable bonds is 3. The smallest absolute Gasteiger partial charge is 0.0948 e. The van der Waals surface area contributed by atoms with Gasteiger partial charge in [-0.2, -0.15) is 0 Å². The second kappa shape index (κ2) is 4.79. The summed E-state index contributed by atoms with van der Waals surface area (Å²) in [6.45, 7) is 6.70. The van der Waals surface area contributed by atoms with Crippen molar-refractivity contribution >= 4 is 0 Å². The highest BCUT2D eigenvalue weighted by atomic mass is 15.1. The third-order valence-electron chi connectivity index (χ3n) is 3.17. The second-order valence-electron chi connectivity index (χ2n) is 4.77. The highest BCUT2D eigenvalue weighted by Gasteiger charge is 2.15. The number of nitrogens with zero attached hydrogens (tertiary/aromatic N) is 2. The monoisotopic (exact) mass is 207 g/mol. The Hall–Kier alpha value is -0.830. The lowest BCUT2D eigenvalue weighted by atomic mass is 10.0. The number of piperidine rings is 1. The molecule has 0 radical (unpaired) electrons. The largest absolute Gasteiger partial charge is 0.333 e. The van der Waals surface area contributed by atoms with E-state index in [0.717, 1.165) is 6.54 Å². The molecule has 1 fully saturated rings. The van der Waals surface area contributed by atoms with Crippen LogP contribution in [-0.4, -0.2) is 22.1 Å². The van der Waals surface area contributed by atoms with E-state index in [4.69, 9.17) is 0 Å². The third-order valence-corrected chi connectivity index (χ3v) is 3.17. The first-order chi connectivity index (χ1) is 7.27. The molecule has 0 aromatic carbocycles. The van der Waals surface area contributed by atoms with E-state index in [9.17, 15) is 0 Å². The molecule has 1 unspecified atom stereocenters. The summed E-state index contributed by atoms with van der Waals surface area (Å²) >= 11 is 0. The molecule has 0 amide bonds. The summed E-state index contributed by atoms with van der Waals surface area (Å²) in [7, 11) is 0. The molecule has 2 heterocycles. The van der Waals surface area contributed by atoms with Crippen LogP contribution in [0.25, 0.3) is 0 Å². The minimum absolute atomic E-state index is 0.566. The van der Waals surface area contributed by atoms with Gasteiger partial charge in [0.1, 0.15) is 0 Å². The van der Waals surface area contributed by atoms with E-state index in [0.29, 0.717) is 12.0 Å². The number of hydrogen-bond donors (Lipinski definition) is 1. The molecule has 3 nitrogen and oxygen atoms in total. The van der Waals surface area contributed by atoms with Gasteiger partial charge in [-0.3, -0.25) is 0 Å². The van der Waals surface area contributed by atoms with Gasteiger partial charge >= 0.3 is 0 Å². The minimum atomic E-state index is 0.566. The van der Waals surface area contributed by atoms with Crippen LogP contribution < -0.4 is 5.32 Å². The van der Waals surface area contributed by atoms with Crippen molar-refractivity contribution in [2.75, 3.05) is 6.54 Å². The number of aromatic nitrogens is 2. The molecule has 2 rings (SSSR count). The normalized spacial score (nSPS) is 22.2. The molecule has 1 atom stereocenters. The van der Waals surface area contributed by atoms with Crippen molar-refractivity contribution in [3.05, 3.63) is 18.2 Å². The number of nitrogens with one attached hydrogen (secondary N) is 1. The standard InChI is InChI=1S/C12H21N3/c1-10(2)12-7-13-9-15(12)8-11-5-3-4-6-14-11/h7,9-11,14H,3-6,8H2,1-2H3. The maximum absolute atomic E-state index is 4.24. The highest BCUT2D eigenvalue weighted by Crippen LogP contribution is 2.16. The van der Waals surface area contributed by atoms with Crippen LogP contribution in [0.1, 0.15) is 44.7 Å². The molecule has 1 aliphatic rings. The molecule has 0 spiro atoms. The topological polar surface area (TPSA) is 29.9 Å². The van der Waals surface area contributed by atoms with Crippen molar-refractivity contribution in [2.45, 2.75) is 51.6 Å². The van der Waals surface area contributed by atoms with Gasteiger partial charge in [0, 0.05) is 24.5 Å². The van der Waals surface area contributed by atoms with E-state index >= 15 is 0 Å². The van der Waals surface area contributed by atoms with Crippen molar-refractivity contribution in [1.29, 1.82) is 0 Å². The lowest BCUT2D eigenvalue weighted by molar-refractivity contribution is 0.358. The second-order valence-corrected chi connectivity index (χ2v) is 4.77. The zero-order valence-corrected chi connectivity index (χ0v) is 9.74. The van der Waals surface area contributed by atoms with Gasteiger partial charge in [0.05, 0.1) is 6.33 Å². The molecular formula is C12H21N3. The van der Waals surface area contributed by atoms with Gasteiger partial charge in [-0.05, 0) is 25.3 Å². The van der Waals surface area contributed by atoms with Crippen molar-refractivity contribution in [2.24, 2.45) is 0 Å². The van der Waals surface area contributed by atoms with Crippen LogP contribution in [0.3, 0.4) is 0 Å². The predicted molar refractivity (Wildman–Crippen MR) is 62.0 cm³/mol. The zero-order chi connectivity index (χ0) is 10.7. The minimum Gasteiger partial charge on any atom is -0.333 e. The Morgan fingerprint density at radius 2 is 2.40 bits per heavy atom. The summed E-state index contributed by atoms with van der Waals surface area (Å²) in [6, 6.07) is 0.644. The van der Waals surface area contributed by atoms with Crippen molar-refractivity contribution in [1.82, 2.24) is 14.9 Å². The number of hydrogen-bond acceptors (Lipinski definition) is 2. The van der Waals surface area contributed by atoms with Crippen LogP contribution in [-0.2, 0) is 6.54 Å². The fourth-order valence-electron chi connectivity index (χ4n) is 2.28. The van der Waals surface area contributed by atoms with Crippen LogP contribution >= 0.6 is 0 Å². The van der Waals surface area contributed by atoms with Crippen LogP contribution in [0.2, 0.25) is 0 Å². The first-order valence-corrected chi connectivity index (χ1v) is 6.01. The Bertz CT molecular complexity index is 298. The molecule has 0 aliphatic carbocycles. The van der Waals surface area contributed by atoms with Gasteiger partial charge in [-0.15, -0.1) is 0 Å². The molecule has 1 aromatic rings. The van der Waals surface area contributed by atoms with Crippen molar-refractivity contribution < 1.29 is 0 Å². The van der Waals surface area contributed by atoms with E-state index in [1.165, 1.54) is 31.5 Å². The Labute approximate surface area is 91.9 Å². The van der Waals surface area contributed by atoms with Gasteiger partial charge in [-0.1, -0.05) is 20.3 Å². The maximum atomic E-state index is 4.24. The zero-order valence-electron chi connectivity index (χ0n) is 9.74. The number of imidazole rings is 1. The molecule has 3 heteroatoms. The van der Waals surface area contributed by atoms with Gasteiger partial charge < -0.3 is 9.88 Å². The molecule has 1 N–H and O–H groups in total. The summed E-state index contributed by atoms with van der Waals surface area (Å²) in [5, 5.41) is 3.57. The maximum Gasteiger partial charge on any atom is 0.0948 e. The van der Waals surface area contributed by atoms with E-state index in [1.54, 1.807) is 0 Å².